The smallest absolute Gasteiger partial charge is 0.303 e. The summed E-state index contributed by atoms with van der Waals surface area (Å²) in [5.41, 5.74) is 2.10. The van der Waals surface area contributed by atoms with Gasteiger partial charge in [-0.05, 0) is 12.5 Å². The average molecular weight is 399 g/mol. The van der Waals surface area contributed by atoms with Crippen LogP contribution in [0.4, 0.5) is 26.1 Å². The Bertz CT molecular complexity index is 1020. The van der Waals surface area contributed by atoms with Crippen molar-refractivity contribution in [2.75, 3.05) is 10.6 Å². The second-order valence-electron chi connectivity index (χ2n) is 6.33. The second kappa shape index (κ2) is 8.21. The Balaban J connectivity index is 2.08. The summed E-state index contributed by atoms with van der Waals surface area (Å²) in [6.45, 7) is 3.93. The number of amides is 1. The van der Waals surface area contributed by atoms with Crippen molar-refractivity contribution in [3.05, 3.63) is 48.4 Å². The van der Waals surface area contributed by atoms with Crippen LogP contribution in [-0.2, 0) is 17.1 Å². The summed E-state index contributed by atoms with van der Waals surface area (Å²) in [4.78, 5) is 31.5. The first-order valence-corrected chi connectivity index (χ1v) is 8.83. The third-order valence-electron chi connectivity index (χ3n) is 3.86. The molecular weight excluding hydrogens is 380 g/mol. The molecule has 3 heterocycles. The van der Waals surface area contributed by atoms with Crippen LogP contribution < -0.4 is 10.6 Å². The highest BCUT2D eigenvalue weighted by molar-refractivity contribution is 5.89. The number of rotatable bonds is 6. The maximum atomic E-state index is 13.8. The third kappa shape index (κ3) is 5.03. The van der Waals surface area contributed by atoms with Crippen LogP contribution in [0.1, 0.15) is 32.3 Å². The number of hydrogen-bond acceptors (Lipinski definition) is 7. The molecule has 0 aromatic carbocycles. The minimum absolute atomic E-state index is 0.198. The normalized spacial score (nSPS) is 11.2. The molecule has 0 aliphatic rings. The van der Waals surface area contributed by atoms with Crippen molar-refractivity contribution < 1.29 is 13.6 Å². The number of carbonyl (C=O) groups is 1. The fourth-order valence-corrected chi connectivity index (χ4v) is 2.54. The van der Waals surface area contributed by atoms with E-state index in [-0.39, 0.29) is 11.7 Å². The molecule has 3 aromatic heterocycles. The molecule has 10 heteroatoms. The Morgan fingerprint density at radius 3 is 2.59 bits per heavy atom. The van der Waals surface area contributed by atoms with E-state index in [4.69, 9.17) is 0 Å². The van der Waals surface area contributed by atoms with Gasteiger partial charge < -0.3 is 10.6 Å². The summed E-state index contributed by atoms with van der Waals surface area (Å²) in [6.07, 6.45) is 4.94. The van der Waals surface area contributed by atoms with E-state index in [1.54, 1.807) is 24.4 Å². The Morgan fingerprint density at radius 1 is 1.17 bits per heavy atom. The van der Waals surface area contributed by atoms with Gasteiger partial charge in [-0.25, -0.2) is 24.9 Å². The molecule has 0 radical (unpaired) electrons. The van der Waals surface area contributed by atoms with Crippen molar-refractivity contribution in [3.8, 4) is 11.3 Å². The largest absolute Gasteiger partial charge is 0.339 e. The molecule has 0 aliphatic heterocycles. The van der Waals surface area contributed by atoms with Gasteiger partial charge in [0.05, 0.1) is 11.4 Å². The number of alkyl halides is 2. The summed E-state index contributed by atoms with van der Waals surface area (Å²) < 4.78 is 27.6. The van der Waals surface area contributed by atoms with Crippen LogP contribution in [0.3, 0.4) is 0 Å². The van der Waals surface area contributed by atoms with Crippen molar-refractivity contribution >= 4 is 23.2 Å². The summed E-state index contributed by atoms with van der Waals surface area (Å²) >= 11 is 0. The lowest BCUT2D eigenvalue weighted by atomic mass is 10.1. The first-order valence-electron chi connectivity index (χ1n) is 8.83. The van der Waals surface area contributed by atoms with Crippen LogP contribution in [0.5, 0.6) is 0 Å². The first kappa shape index (κ1) is 20.2. The number of anilines is 3. The maximum Gasteiger partial charge on any atom is 0.303 e. The zero-order chi connectivity index (χ0) is 21.0. The first-order chi connectivity index (χ1) is 13.8. The molecule has 3 rings (SSSR count). The molecule has 150 valence electrons. The molecular formula is C19H19F2N7O. The van der Waals surface area contributed by atoms with E-state index in [1.807, 2.05) is 6.92 Å². The van der Waals surface area contributed by atoms with Crippen molar-refractivity contribution in [3.63, 3.8) is 0 Å². The monoisotopic (exact) mass is 399 g/mol. The quantitative estimate of drug-likeness (QED) is 0.651. The topological polar surface area (TPSA) is 106 Å². The van der Waals surface area contributed by atoms with Crippen LogP contribution >= 0.6 is 0 Å². The number of halogens is 2. The summed E-state index contributed by atoms with van der Waals surface area (Å²) in [7, 11) is 0. The lowest BCUT2D eigenvalue weighted by molar-refractivity contribution is -0.114. The Hall–Kier alpha value is -3.56. The van der Waals surface area contributed by atoms with Gasteiger partial charge in [0, 0.05) is 49.6 Å². The number of nitrogens with one attached hydrogen (secondary N) is 2. The van der Waals surface area contributed by atoms with Gasteiger partial charge in [0.2, 0.25) is 11.7 Å². The number of aromatic nitrogens is 5. The van der Waals surface area contributed by atoms with Crippen LogP contribution in [0.25, 0.3) is 11.3 Å². The molecule has 0 atom stereocenters. The third-order valence-corrected chi connectivity index (χ3v) is 3.86. The Labute approximate surface area is 165 Å². The van der Waals surface area contributed by atoms with Crippen LogP contribution in [0.2, 0.25) is 0 Å². The number of pyridine rings is 1. The fourth-order valence-electron chi connectivity index (χ4n) is 2.54. The van der Waals surface area contributed by atoms with Gasteiger partial charge in [0.15, 0.2) is 0 Å². The van der Waals surface area contributed by atoms with E-state index >= 15 is 0 Å². The predicted octanol–water partition coefficient (Wildman–Crippen LogP) is 3.70. The Morgan fingerprint density at radius 2 is 1.97 bits per heavy atom. The van der Waals surface area contributed by atoms with Gasteiger partial charge in [0.25, 0.3) is 0 Å². The number of aryl methyl sites for hydroxylation is 1. The molecule has 8 nitrogen and oxygen atoms in total. The lowest BCUT2D eigenvalue weighted by Gasteiger charge is -2.15. The lowest BCUT2D eigenvalue weighted by Crippen LogP contribution is -2.15. The SMILES string of the molecule is CCc1cc(Nc2cc(NC(C)=O)ncc2-c2ccncn2)nc(C(C)(F)F)n1. The molecule has 3 aromatic rings. The van der Waals surface area contributed by atoms with E-state index < -0.39 is 11.7 Å². The second-order valence-corrected chi connectivity index (χ2v) is 6.33. The van der Waals surface area contributed by atoms with Crippen LogP contribution in [-0.4, -0.2) is 30.8 Å². The molecule has 1 amide bonds. The highest BCUT2D eigenvalue weighted by Crippen LogP contribution is 2.31. The Kier molecular flexibility index (Phi) is 5.71. The molecule has 0 aliphatic carbocycles. The highest BCUT2D eigenvalue weighted by atomic mass is 19.3. The molecule has 0 saturated carbocycles. The summed E-state index contributed by atoms with van der Waals surface area (Å²) in [5.74, 6) is -3.55. The van der Waals surface area contributed by atoms with Gasteiger partial charge in [-0.15, -0.1) is 0 Å². The van der Waals surface area contributed by atoms with E-state index in [1.165, 1.54) is 19.4 Å². The molecule has 0 unspecified atom stereocenters. The van der Waals surface area contributed by atoms with Crippen LogP contribution in [0.15, 0.2) is 36.9 Å². The fraction of sp³-hybridized carbons (Fsp3) is 0.263. The van der Waals surface area contributed by atoms with E-state index in [9.17, 15) is 13.6 Å². The maximum absolute atomic E-state index is 13.8. The van der Waals surface area contributed by atoms with E-state index in [2.05, 4.69) is 35.6 Å². The van der Waals surface area contributed by atoms with Crippen molar-refractivity contribution in [1.29, 1.82) is 0 Å². The zero-order valence-electron chi connectivity index (χ0n) is 16.1. The minimum atomic E-state index is -3.18. The van der Waals surface area contributed by atoms with Crippen molar-refractivity contribution in [2.45, 2.75) is 33.1 Å². The molecule has 0 fully saturated rings. The van der Waals surface area contributed by atoms with Crippen LogP contribution in [0, 0.1) is 0 Å². The molecule has 0 bridgehead atoms. The van der Waals surface area contributed by atoms with Gasteiger partial charge in [0.1, 0.15) is 18.0 Å². The number of nitrogens with zero attached hydrogens (tertiary/aromatic N) is 5. The summed E-state index contributed by atoms with van der Waals surface area (Å²) in [6, 6.07) is 4.86. The molecule has 29 heavy (non-hydrogen) atoms. The predicted molar refractivity (Wildman–Crippen MR) is 104 cm³/mol. The van der Waals surface area contributed by atoms with Crippen molar-refractivity contribution in [2.24, 2.45) is 0 Å². The standard InChI is InChI=1S/C19H19F2N7O/c1-4-12-7-17(28-18(26-12)19(3,20)21)27-15-8-16(25-11(2)29)23-9-13(15)14-5-6-22-10-24-14/h5-10H,4H2,1-3H3,(H2,23,25,26,27,28,29). The highest BCUT2D eigenvalue weighted by Gasteiger charge is 2.29. The molecule has 2 N–H and O–H groups in total. The van der Waals surface area contributed by atoms with Gasteiger partial charge in [-0.1, -0.05) is 6.92 Å². The average Bonchev–Trinajstić information content (AvgIpc) is 2.67. The van der Waals surface area contributed by atoms with Gasteiger partial charge >= 0.3 is 5.92 Å². The molecule has 0 saturated heterocycles. The number of carbonyl (C=O) groups excluding carboxylic acids is 1. The number of hydrogen-bond donors (Lipinski definition) is 2. The van der Waals surface area contributed by atoms with Gasteiger partial charge in [-0.3, -0.25) is 4.79 Å². The van der Waals surface area contributed by atoms with Crippen molar-refractivity contribution in [1.82, 2.24) is 24.9 Å². The minimum Gasteiger partial charge on any atom is -0.339 e. The van der Waals surface area contributed by atoms with E-state index in [0.717, 1.165) is 6.92 Å². The van der Waals surface area contributed by atoms with Gasteiger partial charge in [-0.2, -0.15) is 8.78 Å². The summed E-state index contributed by atoms with van der Waals surface area (Å²) in [5, 5.41) is 5.63. The zero-order valence-corrected chi connectivity index (χ0v) is 16.1. The molecule has 0 spiro atoms. The van der Waals surface area contributed by atoms with E-state index in [0.29, 0.717) is 34.9 Å².